The Labute approximate surface area is 182 Å². The van der Waals surface area contributed by atoms with Gasteiger partial charge in [-0.25, -0.2) is 0 Å². The van der Waals surface area contributed by atoms with Crippen LogP contribution in [0.4, 0.5) is 0 Å². The number of amides is 1. The van der Waals surface area contributed by atoms with Gasteiger partial charge in [-0.2, -0.15) is 0 Å². The second kappa shape index (κ2) is 10.3. The van der Waals surface area contributed by atoms with Crippen molar-refractivity contribution < 1.29 is 14.3 Å². The molecule has 0 spiro atoms. The third-order valence-corrected chi connectivity index (χ3v) is 5.62. The molecule has 2 aromatic carbocycles. The van der Waals surface area contributed by atoms with Crippen LogP contribution in [0.15, 0.2) is 60.9 Å². The number of hydrogen-bond donors (Lipinski definition) is 2. The van der Waals surface area contributed by atoms with Crippen molar-refractivity contribution in [3.8, 4) is 11.5 Å². The number of benzene rings is 2. The molecule has 1 aromatic heterocycles. The maximum absolute atomic E-state index is 12.5. The Bertz CT molecular complexity index is 1010. The summed E-state index contributed by atoms with van der Waals surface area (Å²) >= 11 is 0. The number of nitrogens with zero attached hydrogens (tertiary/aromatic N) is 1. The van der Waals surface area contributed by atoms with Gasteiger partial charge in [0.2, 0.25) is 5.91 Å². The summed E-state index contributed by atoms with van der Waals surface area (Å²) in [7, 11) is 0. The molecule has 1 aliphatic rings. The van der Waals surface area contributed by atoms with Crippen LogP contribution in [0.3, 0.4) is 0 Å². The quantitative estimate of drug-likeness (QED) is 0.582. The lowest BCUT2D eigenvalue weighted by molar-refractivity contribution is -0.121. The standard InChI is InChI=1S/C25H29N3O3/c26-12-14-30-22-5-1-3-18(15-22)16-25(29)28-20-7-9-21(10-8-20)31-24-6-2-4-19-17-27-13-11-23(19)24/h1-6,11,13,15,17,20-21H,7-10,12,14,16,26H2,(H,28,29). The monoisotopic (exact) mass is 419 g/mol. The van der Waals surface area contributed by atoms with E-state index in [1.807, 2.05) is 54.7 Å². The SMILES string of the molecule is NCCOc1cccc(CC(=O)NC2CCC(Oc3cccc4cnccc34)CC2)c1. The molecule has 0 saturated heterocycles. The molecule has 0 bridgehead atoms. The van der Waals surface area contributed by atoms with Crippen LogP contribution >= 0.6 is 0 Å². The average molecular weight is 420 g/mol. The first-order chi connectivity index (χ1) is 15.2. The van der Waals surface area contributed by atoms with Crippen LogP contribution in [0.2, 0.25) is 0 Å². The van der Waals surface area contributed by atoms with E-state index in [0.717, 1.165) is 53.5 Å². The van der Waals surface area contributed by atoms with Crippen molar-refractivity contribution >= 4 is 16.7 Å². The number of carbonyl (C=O) groups excluding carboxylic acids is 1. The molecule has 6 heteroatoms. The number of nitrogens with one attached hydrogen (secondary N) is 1. The molecule has 3 aromatic rings. The Kier molecular flexibility index (Phi) is 6.99. The van der Waals surface area contributed by atoms with Crippen molar-refractivity contribution in [3.63, 3.8) is 0 Å². The Morgan fingerprint density at radius 3 is 2.77 bits per heavy atom. The van der Waals surface area contributed by atoms with E-state index in [9.17, 15) is 4.79 Å². The van der Waals surface area contributed by atoms with Crippen LogP contribution in [-0.2, 0) is 11.2 Å². The lowest BCUT2D eigenvalue weighted by atomic mass is 9.92. The van der Waals surface area contributed by atoms with Crippen molar-refractivity contribution in [3.05, 3.63) is 66.5 Å². The summed E-state index contributed by atoms with van der Waals surface area (Å²) in [5.74, 6) is 1.70. The fourth-order valence-electron chi connectivity index (χ4n) is 4.09. The van der Waals surface area contributed by atoms with Crippen LogP contribution in [0.25, 0.3) is 10.8 Å². The highest BCUT2D eigenvalue weighted by molar-refractivity contribution is 5.87. The van der Waals surface area contributed by atoms with Gasteiger partial charge in [-0.05, 0) is 55.5 Å². The summed E-state index contributed by atoms with van der Waals surface area (Å²) in [5, 5.41) is 5.35. The van der Waals surface area contributed by atoms with Crippen LogP contribution in [0.5, 0.6) is 11.5 Å². The molecule has 0 aliphatic heterocycles. The third-order valence-electron chi connectivity index (χ3n) is 5.62. The minimum absolute atomic E-state index is 0.0434. The van der Waals surface area contributed by atoms with Crippen molar-refractivity contribution in [1.29, 1.82) is 0 Å². The number of fused-ring (bicyclic) bond motifs is 1. The van der Waals surface area contributed by atoms with Crippen LogP contribution < -0.4 is 20.5 Å². The summed E-state index contributed by atoms with van der Waals surface area (Å²) in [4.78, 5) is 16.7. The largest absolute Gasteiger partial charge is 0.492 e. The van der Waals surface area contributed by atoms with E-state index in [1.165, 1.54) is 0 Å². The number of rotatable bonds is 8. The number of pyridine rings is 1. The van der Waals surface area contributed by atoms with E-state index < -0.39 is 0 Å². The summed E-state index contributed by atoms with van der Waals surface area (Å²) in [6, 6.07) is 15.9. The van der Waals surface area contributed by atoms with Crippen LogP contribution in [0, 0.1) is 0 Å². The van der Waals surface area contributed by atoms with Gasteiger partial charge in [-0.15, -0.1) is 0 Å². The highest BCUT2D eigenvalue weighted by atomic mass is 16.5. The zero-order chi connectivity index (χ0) is 21.5. The zero-order valence-electron chi connectivity index (χ0n) is 17.6. The van der Waals surface area contributed by atoms with Gasteiger partial charge in [-0.1, -0.05) is 24.3 Å². The minimum Gasteiger partial charge on any atom is -0.492 e. The fraction of sp³-hybridized carbons (Fsp3) is 0.360. The summed E-state index contributed by atoms with van der Waals surface area (Å²) < 4.78 is 11.8. The fourth-order valence-corrected chi connectivity index (χ4v) is 4.09. The van der Waals surface area contributed by atoms with Gasteiger partial charge in [0.1, 0.15) is 18.1 Å². The second-order valence-electron chi connectivity index (χ2n) is 7.97. The van der Waals surface area contributed by atoms with E-state index in [2.05, 4.69) is 10.3 Å². The Morgan fingerprint density at radius 1 is 1.10 bits per heavy atom. The van der Waals surface area contributed by atoms with Gasteiger partial charge in [-0.3, -0.25) is 9.78 Å². The van der Waals surface area contributed by atoms with Gasteiger partial charge < -0.3 is 20.5 Å². The van der Waals surface area contributed by atoms with Crippen molar-refractivity contribution in [1.82, 2.24) is 10.3 Å². The van der Waals surface area contributed by atoms with Crippen LogP contribution in [0.1, 0.15) is 31.2 Å². The molecule has 1 fully saturated rings. The normalized spacial score (nSPS) is 18.5. The highest BCUT2D eigenvalue weighted by Gasteiger charge is 2.24. The molecule has 0 atom stereocenters. The minimum atomic E-state index is 0.0434. The molecule has 3 N–H and O–H groups in total. The molecule has 4 rings (SSSR count). The zero-order valence-corrected chi connectivity index (χ0v) is 17.6. The van der Waals surface area contributed by atoms with Gasteiger partial charge >= 0.3 is 0 Å². The predicted octanol–water partition coefficient (Wildman–Crippen LogP) is 3.62. The molecule has 0 unspecified atom stereocenters. The number of ether oxygens (including phenoxy) is 2. The predicted molar refractivity (Wildman–Crippen MR) is 121 cm³/mol. The van der Waals surface area contributed by atoms with E-state index in [1.54, 1.807) is 6.20 Å². The first kappa shape index (κ1) is 21.1. The van der Waals surface area contributed by atoms with Crippen molar-refractivity contribution in [2.24, 2.45) is 5.73 Å². The van der Waals surface area contributed by atoms with Crippen molar-refractivity contribution in [2.75, 3.05) is 13.2 Å². The summed E-state index contributed by atoms with van der Waals surface area (Å²) in [6.07, 6.45) is 7.86. The van der Waals surface area contributed by atoms with Gasteiger partial charge in [0.25, 0.3) is 0 Å². The van der Waals surface area contributed by atoms with Gasteiger partial charge in [0.15, 0.2) is 0 Å². The van der Waals surface area contributed by atoms with E-state index in [-0.39, 0.29) is 18.1 Å². The topological polar surface area (TPSA) is 86.5 Å². The Morgan fingerprint density at radius 2 is 1.94 bits per heavy atom. The molecule has 1 saturated carbocycles. The average Bonchev–Trinajstić information content (AvgIpc) is 2.79. The van der Waals surface area contributed by atoms with Gasteiger partial charge in [0, 0.05) is 35.8 Å². The Hall–Kier alpha value is -3.12. The molecule has 162 valence electrons. The maximum atomic E-state index is 12.5. The number of carbonyl (C=O) groups is 1. The highest BCUT2D eigenvalue weighted by Crippen LogP contribution is 2.29. The molecule has 0 radical (unpaired) electrons. The van der Waals surface area contributed by atoms with E-state index >= 15 is 0 Å². The number of hydrogen-bond acceptors (Lipinski definition) is 5. The number of aromatic nitrogens is 1. The number of nitrogens with two attached hydrogens (primary N) is 1. The second-order valence-corrected chi connectivity index (χ2v) is 7.97. The molecular formula is C25H29N3O3. The first-order valence-corrected chi connectivity index (χ1v) is 10.9. The molecule has 1 amide bonds. The molecule has 31 heavy (non-hydrogen) atoms. The van der Waals surface area contributed by atoms with E-state index in [4.69, 9.17) is 15.2 Å². The van der Waals surface area contributed by atoms with Crippen LogP contribution in [-0.4, -0.2) is 36.2 Å². The third kappa shape index (κ3) is 5.73. The molecule has 1 aliphatic carbocycles. The lowest BCUT2D eigenvalue weighted by Crippen LogP contribution is -2.40. The first-order valence-electron chi connectivity index (χ1n) is 10.9. The lowest BCUT2D eigenvalue weighted by Gasteiger charge is -2.30. The summed E-state index contributed by atoms with van der Waals surface area (Å²) in [6.45, 7) is 0.936. The molecular weight excluding hydrogens is 390 g/mol. The van der Waals surface area contributed by atoms with Gasteiger partial charge in [0.05, 0.1) is 12.5 Å². The summed E-state index contributed by atoms with van der Waals surface area (Å²) in [5.41, 5.74) is 6.42. The van der Waals surface area contributed by atoms with E-state index in [0.29, 0.717) is 19.6 Å². The van der Waals surface area contributed by atoms with Crippen molar-refractivity contribution in [2.45, 2.75) is 44.2 Å². The molecule has 1 heterocycles. The smallest absolute Gasteiger partial charge is 0.224 e. The Balaban J connectivity index is 1.26. The molecule has 6 nitrogen and oxygen atoms in total. The maximum Gasteiger partial charge on any atom is 0.224 e.